The van der Waals surface area contributed by atoms with E-state index in [0.29, 0.717) is 6.42 Å². The number of rotatable bonds is 4. The van der Waals surface area contributed by atoms with Crippen LogP contribution in [0.5, 0.6) is 0 Å². The molecule has 3 amide bonds. The zero-order valence-corrected chi connectivity index (χ0v) is 17.7. The van der Waals surface area contributed by atoms with Crippen LogP contribution in [0.15, 0.2) is 42.7 Å². The second-order valence-electron chi connectivity index (χ2n) is 8.43. The minimum absolute atomic E-state index is 0.136. The number of fused-ring (bicyclic) bond motifs is 1. The zero-order chi connectivity index (χ0) is 21.7. The number of carbonyl (C=O) groups excluding carboxylic acids is 3. The standard InChI is InChI=1S/C24H24N4O3/c1-15-10-19-20(11-16(15)2)28(14-25-19)21-12-23(30)27(24(21)31)13-17-5-7-18(8-6-17)26-9-3-4-22(26)29/h5-8,10-11,14,21H,3-4,9,12-13H2,1-2H3/t21-/m0/s1. The average molecular weight is 416 g/mol. The molecule has 0 radical (unpaired) electrons. The maximum Gasteiger partial charge on any atom is 0.253 e. The van der Waals surface area contributed by atoms with Crippen LogP contribution in [0.2, 0.25) is 0 Å². The smallest absolute Gasteiger partial charge is 0.253 e. The first-order chi connectivity index (χ1) is 14.9. The highest BCUT2D eigenvalue weighted by atomic mass is 16.2. The van der Waals surface area contributed by atoms with Gasteiger partial charge in [0.15, 0.2) is 0 Å². The monoisotopic (exact) mass is 416 g/mol. The summed E-state index contributed by atoms with van der Waals surface area (Å²) in [4.78, 5) is 45.3. The van der Waals surface area contributed by atoms with Gasteiger partial charge in [-0.3, -0.25) is 19.3 Å². The summed E-state index contributed by atoms with van der Waals surface area (Å²) in [5.41, 5.74) is 5.69. The Morgan fingerprint density at radius 2 is 1.74 bits per heavy atom. The van der Waals surface area contributed by atoms with Crippen molar-refractivity contribution in [3.8, 4) is 0 Å². The Balaban J connectivity index is 1.36. The number of carbonyl (C=O) groups is 3. The first-order valence-electron chi connectivity index (χ1n) is 10.6. The lowest BCUT2D eigenvalue weighted by atomic mass is 10.1. The van der Waals surface area contributed by atoms with E-state index in [4.69, 9.17) is 0 Å². The fraction of sp³-hybridized carbons (Fsp3) is 0.333. The molecule has 2 aromatic carbocycles. The van der Waals surface area contributed by atoms with Crippen molar-refractivity contribution in [1.82, 2.24) is 14.5 Å². The van der Waals surface area contributed by atoms with Crippen molar-refractivity contribution in [2.45, 2.75) is 45.7 Å². The van der Waals surface area contributed by atoms with Gasteiger partial charge in [-0.15, -0.1) is 0 Å². The predicted octanol–water partition coefficient (Wildman–Crippen LogP) is 3.28. The van der Waals surface area contributed by atoms with Gasteiger partial charge in [-0.1, -0.05) is 12.1 Å². The zero-order valence-electron chi connectivity index (χ0n) is 17.7. The van der Waals surface area contributed by atoms with E-state index in [1.54, 1.807) is 11.2 Å². The molecule has 5 rings (SSSR count). The summed E-state index contributed by atoms with van der Waals surface area (Å²) >= 11 is 0. The van der Waals surface area contributed by atoms with Crippen LogP contribution < -0.4 is 4.90 Å². The summed E-state index contributed by atoms with van der Waals surface area (Å²) < 4.78 is 1.82. The first kappa shape index (κ1) is 19.5. The maximum atomic E-state index is 13.1. The molecule has 0 saturated carbocycles. The highest BCUT2D eigenvalue weighted by Crippen LogP contribution is 2.30. The van der Waals surface area contributed by atoms with Crippen molar-refractivity contribution in [3.05, 3.63) is 59.4 Å². The summed E-state index contributed by atoms with van der Waals surface area (Å²) in [6.45, 7) is 5.03. The highest BCUT2D eigenvalue weighted by Gasteiger charge is 2.40. The summed E-state index contributed by atoms with van der Waals surface area (Å²) in [5.74, 6) is -0.251. The van der Waals surface area contributed by atoms with Crippen molar-refractivity contribution < 1.29 is 14.4 Å². The van der Waals surface area contributed by atoms with Gasteiger partial charge in [0.2, 0.25) is 11.8 Å². The van der Waals surface area contributed by atoms with Crippen LogP contribution in [0.4, 0.5) is 5.69 Å². The second kappa shape index (κ2) is 7.34. The van der Waals surface area contributed by atoms with Crippen molar-refractivity contribution in [1.29, 1.82) is 0 Å². The molecule has 0 bridgehead atoms. The molecule has 3 aromatic rings. The fourth-order valence-corrected chi connectivity index (χ4v) is 4.47. The minimum Gasteiger partial charge on any atom is -0.317 e. The molecule has 2 aliphatic rings. The molecule has 1 aromatic heterocycles. The first-order valence-corrected chi connectivity index (χ1v) is 10.6. The van der Waals surface area contributed by atoms with Gasteiger partial charge < -0.3 is 9.47 Å². The minimum atomic E-state index is -0.568. The summed E-state index contributed by atoms with van der Waals surface area (Å²) in [7, 11) is 0. The van der Waals surface area contributed by atoms with Crippen molar-refractivity contribution in [2.24, 2.45) is 0 Å². The molecule has 1 atom stereocenters. The molecular formula is C24H24N4O3. The number of imide groups is 1. The number of imidazole rings is 1. The van der Waals surface area contributed by atoms with E-state index in [-0.39, 0.29) is 30.7 Å². The normalized spacial score (nSPS) is 19.3. The van der Waals surface area contributed by atoms with Crippen molar-refractivity contribution >= 4 is 34.4 Å². The Hall–Kier alpha value is -3.48. The van der Waals surface area contributed by atoms with Gasteiger partial charge >= 0.3 is 0 Å². The summed E-state index contributed by atoms with van der Waals surface area (Å²) in [6.07, 6.45) is 3.26. The molecular weight excluding hydrogens is 392 g/mol. The lowest BCUT2D eigenvalue weighted by molar-refractivity contribution is -0.139. The van der Waals surface area contributed by atoms with E-state index < -0.39 is 6.04 Å². The van der Waals surface area contributed by atoms with Gasteiger partial charge in [0.25, 0.3) is 5.91 Å². The molecule has 0 aliphatic carbocycles. The summed E-state index contributed by atoms with van der Waals surface area (Å²) in [5, 5.41) is 0. The second-order valence-corrected chi connectivity index (χ2v) is 8.43. The van der Waals surface area contributed by atoms with E-state index in [9.17, 15) is 14.4 Å². The lowest BCUT2D eigenvalue weighted by Gasteiger charge is -2.18. The quantitative estimate of drug-likeness (QED) is 0.612. The van der Waals surface area contributed by atoms with Gasteiger partial charge in [0.1, 0.15) is 6.04 Å². The number of aromatic nitrogens is 2. The van der Waals surface area contributed by atoms with Crippen LogP contribution in [0.25, 0.3) is 11.0 Å². The van der Waals surface area contributed by atoms with Crippen molar-refractivity contribution in [2.75, 3.05) is 11.4 Å². The number of likely N-dealkylation sites (tertiary alicyclic amines) is 1. The molecule has 3 heterocycles. The number of aryl methyl sites for hydroxylation is 2. The van der Waals surface area contributed by atoms with Gasteiger partial charge in [-0.2, -0.15) is 0 Å². The Kier molecular flexibility index (Phi) is 4.61. The van der Waals surface area contributed by atoms with E-state index in [2.05, 4.69) is 4.98 Å². The molecule has 2 saturated heterocycles. The van der Waals surface area contributed by atoms with E-state index in [0.717, 1.165) is 46.4 Å². The van der Waals surface area contributed by atoms with Crippen LogP contribution in [0.1, 0.15) is 42.0 Å². The molecule has 7 heteroatoms. The largest absolute Gasteiger partial charge is 0.317 e. The molecule has 2 aliphatic heterocycles. The predicted molar refractivity (Wildman–Crippen MR) is 116 cm³/mol. The number of hydrogen-bond acceptors (Lipinski definition) is 4. The third kappa shape index (κ3) is 3.30. The fourth-order valence-electron chi connectivity index (χ4n) is 4.47. The Bertz CT molecular complexity index is 1210. The Morgan fingerprint density at radius 1 is 1.00 bits per heavy atom. The van der Waals surface area contributed by atoms with E-state index in [1.807, 2.05) is 54.8 Å². The van der Waals surface area contributed by atoms with Gasteiger partial charge in [-0.25, -0.2) is 4.98 Å². The molecule has 0 unspecified atom stereocenters. The lowest BCUT2D eigenvalue weighted by Crippen LogP contribution is -2.30. The Morgan fingerprint density at radius 3 is 2.45 bits per heavy atom. The molecule has 7 nitrogen and oxygen atoms in total. The average Bonchev–Trinajstić information content (AvgIpc) is 3.43. The SMILES string of the molecule is Cc1cc2ncn([C@H]3CC(=O)N(Cc4ccc(N5CCCC5=O)cc4)C3=O)c2cc1C. The number of amides is 3. The highest BCUT2D eigenvalue weighted by molar-refractivity contribution is 6.05. The van der Waals surface area contributed by atoms with Gasteiger partial charge in [-0.05, 0) is 61.2 Å². The topological polar surface area (TPSA) is 75.5 Å². The number of benzene rings is 2. The third-order valence-corrected chi connectivity index (χ3v) is 6.41. The molecule has 0 spiro atoms. The Labute approximate surface area is 180 Å². The number of hydrogen-bond donors (Lipinski definition) is 0. The van der Waals surface area contributed by atoms with Crippen LogP contribution in [-0.4, -0.2) is 38.7 Å². The van der Waals surface area contributed by atoms with Crippen LogP contribution in [0.3, 0.4) is 0 Å². The molecule has 31 heavy (non-hydrogen) atoms. The third-order valence-electron chi connectivity index (χ3n) is 6.41. The van der Waals surface area contributed by atoms with Crippen LogP contribution in [0, 0.1) is 13.8 Å². The molecule has 2 fully saturated rings. The van der Waals surface area contributed by atoms with E-state index >= 15 is 0 Å². The summed E-state index contributed by atoms with van der Waals surface area (Å²) in [6, 6.07) is 11.0. The number of nitrogens with zero attached hydrogens (tertiary/aromatic N) is 4. The number of anilines is 1. The molecule has 0 N–H and O–H groups in total. The van der Waals surface area contributed by atoms with E-state index in [1.165, 1.54) is 4.90 Å². The molecule has 158 valence electrons. The van der Waals surface area contributed by atoms with Gasteiger partial charge in [0, 0.05) is 18.7 Å². The van der Waals surface area contributed by atoms with Gasteiger partial charge in [0.05, 0.1) is 30.3 Å². The van der Waals surface area contributed by atoms with Crippen LogP contribution in [-0.2, 0) is 20.9 Å². The van der Waals surface area contributed by atoms with Crippen LogP contribution >= 0.6 is 0 Å². The maximum absolute atomic E-state index is 13.1. The van der Waals surface area contributed by atoms with Crippen molar-refractivity contribution in [3.63, 3.8) is 0 Å².